The molecule has 2 N–H and O–H groups in total. The molecule has 0 saturated heterocycles. The second kappa shape index (κ2) is 7.41. The fourth-order valence-corrected chi connectivity index (χ4v) is 2.99. The summed E-state index contributed by atoms with van der Waals surface area (Å²) in [6.45, 7) is 7.09. The highest BCUT2D eigenvalue weighted by atomic mass is 32.2. The second-order valence-corrected chi connectivity index (χ2v) is 6.36. The molecule has 0 aliphatic carbocycles. The van der Waals surface area contributed by atoms with E-state index in [1.54, 1.807) is 0 Å². The third kappa shape index (κ3) is 4.43. The molecular formula is C18H23NOS. The molecule has 2 aromatic carbocycles. The van der Waals surface area contributed by atoms with Crippen LogP contribution in [0.25, 0.3) is 0 Å². The first-order valence-electron chi connectivity index (χ1n) is 7.34. The van der Waals surface area contributed by atoms with Crippen LogP contribution in [0.1, 0.15) is 37.8 Å². The fourth-order valence-electron chi connectivity index (χ4n) is 2.12. The van der Waals surface area contributed by atoms with Crippen LogP contribution in [-0.4, -0.2) is 6.61 Å². The normalized spacial score (nSPS) is 10.9. The van der Waals surface area contributed by atoms with Gasteiger partial charge in [-0.05, 0) is 48.7 Å². The maximum Gasteiger partial charge on any atom is 0.123 e. The zero-order chi connectivity index (χ0) is 15.2. The van der Waals surface area contributed by atoms with Gasteiger partial charge in [0.1, 0.15) is 5.75 Å². The highest BCUT2D eigenvalue weighted by Gasteiger charge is 2.06. The number of anilines is 1. The van der Waals surface area contributed by atoms with Crippen molar-refractivity contribution in [3.8, 4) is 5.75 Å². The van der Waals surface area contributed by atoms with E-state index in [2.05, 4.69) is 38.1 Å². The molecule has 0 amide bonds. The SMILES string of the molecule is CCOc1ccc(N)cc1CSc1ccc(C(C)C)cc1. The summed E-state index contributed by atoms with van der Waals surface area (Å²) in [6, 6.07) is 14.6. The molecule has 112 valence electrons. The first-order valence-corrected chi connectivity index (χ1v) is 8.32. The molecule has 0 atom stereocenters. The number of thioether (sulfide) groups is 1. The van der Waals surface area contributed by atoms with Crippen LogP contribution < -0.4 is 10.5 Å². The van der Waals surface area contributed by atoms with Crippen LogP contribution in [-0.2, 0) is 5.75 Å². The summed E-state index contributed by atoms with van der Waals surface area (Å²) >= 11 is 1.81. The Labute approximate surface area is 131 Å². The van der Waals surface area contributed by atoms with Gasteiger partial charge >= 0.3 is 0 Å². The Hall–Kier alpha value is -1.61. The molecule has 0 unspecified atom stereocenters. The van der Waals surface area contributed by atoms with Gasteiger partial charge in [0.2, 0.25) is 0 Å². The molecule has 21 heavy (non-hydrogen) atoms. The van der Waals surface area contributed by atoms with Gasteiger partial charge in [0.25, 0.3) is 0 Å². The van der Waals surface area contributed by atoms with E-state index in [0.717, 1.165) is 22.8 Å². The molecule has 2 nitrogen and oxygen atoms in total. The van der Waals surface area contributed by atoms with Crippen molar-refractivity contribution in [1.82, 2.24) is 0 Å². The van der Waals surface area contributed by atoms with Gasteiger partial charge < -0.3 is 10.5 Å². The van der Waals surface area contributed by atoms with Crippen LogP contribution in [0.5, 0.6) is 5.75 Å². The maximum absolute atomic E-state index is 5.88. The molecule has 0 spiro atoms. The smallest absolute Gasteiger partial charge is 0.123 e. The van der Waals surface area contributed by atoms with Gasteiger partial charge in [-0.25, -0.2) is 0 Å². The Balaban J connectivity index is 2.06. The minimum Gasteiger partial charge on any atom is -0.494 e. The number of nitrogens with two attached hydrogens (primary N) is 1. The highest BCUT2D eigenvalue weighted by Crippen LogP contribution is 2.30. The third-order valence-electron chi connectivity index (χ3n) is 3.33. The number of hydrogen-bond acceptors (Lipinski definition) is 3. The molecule has 0 aliphatic rings. The summed E-state index contributed by atoms with van der Waals surface area (Å²) in [6.07, 6.45) is 0. The predicted molar refractivity (Wildman–Crippen MR) is 92.1 cm³/mol. The van der Waals surface area contributed by atoms with Crippen LogP contribution >= 0.6 is 11.8 Å². The lowest BCUT2D eigenvalue weighted by Gasteiger charge is -2.11. The van der Waals surface area contributed by atoms with Crippen molar-refractivity contribution in [3.63, 3.8) is 0 Å². The average Bonchev–Trinajstić information content (AvgIpc) is 2.48. The third-order valence-corrected chi connectivity index (χ3v) is 4.39. The van der Waals surface area contributed by atoms with Crippen LogP contribution in [0.2, 0.25) is 0 Å². The van der Waals surface area contributed by atoms with Crippen LogP contribution in [0.15, 0.2) is 47.4 Å². The van der Waals surface area contributed by atoms with Crippen LogP contribution in [0, 0.1) is 0 Å². The summed E-state index contributed by atoms with van der Waals surface area (Å²) in [4.78, 5) is 1.27. The highest BCUT2D eigenvalue weighted by molar-refractivity contribution is 7.98. The molecule has 2 aromatic rings. The minimum absolute atomic E-state index is 0.572. The van der Waals surface area contributed by atoms with Crippen molar-refractivity contribution in [2.24, 2.45) is 0 Å². The molecule has 0 heterocycles. The van der Waals surface area contributed by atoms with Gasteiger partial charge in [-0.15, -0.1) is 11.8 Å². The summed E-state index contributed by atoms with van der Waals surface area (Å²) in [7, 11) is 0. The number of nitrogen functional groups attached to an aromatic ring is 1. The Morgan fingerprint density at radius 2 is 1.81 bits per heavy atom. The zero-order valence-corrected chi connectivity index (χ0v) is 13.7. The Morgan fingerprint density at radius 1 is 1.10 bits per heavy atom. The van der Waals surface area contributed by atoms with E-state index in [4.69, 9.17) is 10.5 Å². The lowest BCUT2D eigenvalue weighted by Crippen LogP contribution is -1.97. The molecule has 3 heteroatoms. The maximum atomic E-state index is 5.88. The summed E-state index contributed by atoms with van der Waals surface area (Å²) < 4.78 is 5.66. The number of ether oxygens (including phenoxy) is 1. The Bertz CT molecular complexity index is 578. The Morgan fingerprint density at radius 3 is 2.43 bits per heavy atom. The van der Waals surface area contributed by atoms with Gasteiger partial charge in [-0.3, -0.25) is 0 Å². The van der Waals surface area contributed by atoms with Crippen molar-refractivity contribution >= 4 is 17.4 Å². The lowest BCUT2D eigenvalue weighted by atomic mass is 10.0. The van der Waals surface area contributed by atoms with E-state index in [-0.39, 0.29) is 0 Å². The predicted octanol–water partition coefficient (Wildman–Crippen LogP) is 5.08. The van der Waals surface area contributed by atoms with Gasteiger partial charge in [0.15, 0.2) is 0 Å². The van der Waals surface area contributed by atoms with Gasteiger partial charge in [0, 0.05) is 21.9 Å². The molecule has 0 aromatic heterocycles. The molecule has 0 radical (unpaired) electrons. The fraction of sp³-hybridized carbons (Fsp3) is 0.333. The molecule has 0 bridgehead atoms. The van der Waals surface area contributed by atoms with E-state index in [9.17, 15) is 0 Å². The van der Waals surface area contributed by atoms with E-state index in [1.807, 2.05) is 36.9 Å². The van der Waals surface area contributed by atoms with Crippen molar-refractivity contribution in [2.45, 2.75) is 37.3 Å². The summed E-state index contributed by atoms with van der Waals surface area (Å²) in [5, 5.41) is 0. The van der Waals surface area contributed by atoms with Gasteiger partial charge in [-0.1, -0.05) is 26.0 Å². The monoisotopic (exact) mass is 301 g/mol. The molecule has 0 saturated carbocycles. The average molecular weight is 301 g/mol. The standard InChI is InChI=1S/C18H23NOS/c1-4-20-18-10-7-16(19)11-15(18)12-21-17-8-5-14(6-9-17)13(2)3/h5-11,13H,4,12,19H2,1-3H3. The summed E-state index contributed by atoms with van der Waals surface area (Å²) in [5.74, 6) is 2.36. The molecule has 2 rings (SSSR count). The number of rotatable bonds is 6. The van der Waals surface area contributed by atoms with Crippen molar-refractivity contribution in [2.75, 3.05) is 12.3 Å². The summed E-state index contributed by atoms with van der Waals surface area (Å²) in [5.41, 5.74) is 9.18. The van der Waals surface area contributed by atoms with E-state index in [0.29, 0.717) is 12.5 Å². The van der Waals surface area contributed by atoms with E-state index in [1.165, 1.54) is 10.5 Å². The molecule has 0 aliphatic heterocycles. The molecule has 0 fully saturated rings. The van der Waals surface area contributed by atoms with Gasteiger partial charge in [-0.2, -0.15) is 0 Å². The first-order chi connectivity index (χ1) is 10.1. The van der Waals surface area contributed by atoms with E-state index < -0.39 is 0 Å². The molecular weight excluding hydrogens is 278 g/mol. The lowest BCUT2D eigenvalue weighted by molar-refractivity contribution is 0.337. The van der Waals surface area contributed by atoms with Crippen LogP contribution in [0.3, 0.4) is 0 Å². The largest absolute Gasteiger partial charge is 0.494 e. The first kappa shape index (κ1) is 15.8. The van der Waals surface area contributed by atoms with Crippen molar-refractivity contribution in [3.05, 3.63) is 53.6 Å². The Kier molecular flexibility index (Phi) is 5.57. The quantitative estimate of drug-likeness (QED) is 0.596. The number of hydrogen-bond donors (Lipinski definition) is 1. The minimum atomic E-state index is 0.572. The van der Waals surface area contributed by atoms with E-state index >= 15 is 0 Å². The van der Waals surface area contributed by atoms with Gasteiger partial charge in [0.05, 0.1) is 6.61 Å². The topological polar surface area (TPSA) is 35.2 Å². The zero-order valence-electron chi connectivity index (χ0n) is 12.9. The van der Waals surface area contributed by atoms with Crippen molar-refractivity contribution < 1.29 is 4.74 Å². The number of benzene rings is 2. The van der Waals surface area contributed by atoms with Crippen molar-refractivity contribution in [1.29, 1.82) is 0 Å². The second-order valence-electron chi connectivity index (χ2n) is 5.31. The van der Waals surface area contributed by atoms with Crippen LogP contribution in [0.4, 0.5) is 5.69 Å².